The van der Waals surface area contributed by atoms with Crippen LogP contribution in [0.2, 0.25) is 0 Å². The van der Waals surface area contributed by atoms with Crippen LogP contribution in [0.5, 0.6) is 23.0 Å². The Kier molecular flexibility index (Phi) is 14.8. The summed E-state index contributed by atoms with van der Waals surface area (Å²) in [5.41, 5.74) is 0.868. The molecule has 1 atom stereocenters. The largest absolute Gasteiger partial charge is 0.504 e. The number of nitrogens with zero attached hydrogens (tertiary/aromatic N) is 1. The second-order valence-corrected chi connectivity index (χ2v) is 13.4. The fourth-order valence-corrected chi connectivity index (χ4v) is 6.11. The highest BCUT2D eigenvalue weighted by Gasteiger charge is 2.25. The number of amides is 5. The van der Waals surface area contributed by atoms with Gasteiger partial charge in [0.05, 0.1) is 50.8 Å². The summed E-state index contributed by atoms with van der Waals surface area (Å²) >= 11 is 0. The van der Waals surface area contributed by atoms with Crippen molar-refractivity contribution in [2.75, 3.05) is 42.6 Å². The molecule has 0 saturated carbocycles. The van der Waals surface area contributed by atoms with Crippen molar-refractivity contribution in [2.45, 2.75) is 19.4 Å². The summed E-state index contributed by atoms with van der Waals surface area (Å²) in [5, 5.41) is 52.6. The Labute approximate surface area is 363 Å². The van der Waals surface area contributed by atoms with Crippen LogP contribution >= 0.6 is 0 Å². The highest BCUT2D eigenvalue weighted by Crippen LogP contribution is 2.40. The quantitative estimate of drug-likeness (QED) is 0.0410. The zero-order chi connectivity index (χ0) is 46.7. The average Bonchev–Trinajstić information content (AvgIpc) is 3.27. The topological polar surface area (TPSA) is 275 Å². The van der Waals surface area contributed by atoms with Crippen molar-refractivity contribution >= 4 is 63.8 Å². The number of carbonyl (C=O) groups is 6. The molecule has 19 heteroatoms. The second-order valence-electron chi connectivity index (χ2n) is 13.4. The van der Waals surface area contributed by atoms with Crippen LogP contribution in [0.15, 0.2) is 103 Å². The molecular formula is C45H39FN6O12. The molecule has 8 N–H and O–H groups in total. The van der Waals surface area contributed by atoms with E-state index in [1.807, 2.05) is 6.07 Å². The van der Waals surface area contributed by atoms with Crippen LogP contribution in [0.3, 0.4) is 0 Å². The Morgan fingerprint density at radius 3 is 1.64 bits per heavy atom. The smallest absolute Gasteiger partial charge is 0.339 e. The number of carboxylic acid groups (broad SMARTS) is 1. The molecule has 0 heterocycles. The van der Waals surface area contributed by atoms with Gasteiger partial charge in [-0.15, -0.1) is 0 Å². The third kappa shape index (κ3) is 10.7. The minimum atomic E-state index is -1.43. The lowest BCUT2D eigenvalue weighted by atomic mass is 10.1. The maximum atomic E-state index is 13.4. The molecule has 64 heavy (non-hydrogen) atoms. The molecule has 0 aliphatic carbocycles. The summed E-state index contributed by atoms with van der Waals surface area (Å²) in [5.74, 6) is -7.46. The summed E-state index contributed by atoms with van der Waals surface area (Å²) in [4.78, 5) is 77.0. The predicted octanol–water partition coefficient (Wildman–Crippen LogP) is 6.12. The molecule has 0 bridgehead atoms. The van der Waals surface area contributed by atoms with Crippen molar-refractivity contribution in [3.05, 3.63) is 136 Å². The van der Waals surface area contributed by atoms with Gasteiger partial charge in [0.15, 0.2) is 28.8 Å². The first kappa shape index (κ1) is 46.2. The predicted molar refractivity (Wildman–Crippen MR) is 230 cm³/mol. The fourth-order valence-electron chi connectivity index (χ4n) is 6.11. The van der Waals surface area contributed by atoms with Gasteiger partial charge in [-0.05, 0) is 97.4 Å². The number of allylic oxidation sites excluding steroid dienone is 1. The van der Waals surface area contributed by atoms with Gasteiger partial charge in [-0.25, -0.2) is 9.18 Å². The number of hydrogen-bond donors (Lipinski definition) is 8. The van der Waals surface area contributed by atoms with E-state index in [0.717, 1.165) is 13.2 Å². The Bertz CT molecular complexity index is 2700. The van der Waals surface area contributed by atoms with Crippen LogP contribution < -0.4 is 36.1 Å². The number of nitriles is 1. The molecule has 5 amide bonds. The first-order chi connectivity index (χ1) is 30.6. The molecule has 0 aliphatic rings. The van der Waals surface area contributed by atoms with Crippen LogP contribution in [0, 0.1) is 17.1 Å². The number of carboxylic acids is 1. The Morgan fingerprint density at radius 2 is 1.12 bits per heavy atom. The van der Waals surface area contributed by atoms with E-state index in [1.165, 1.54) is 105 Å². The SMILES string of the molecule is COC(C(=O)Nc1ccc(C(=O)NC(CC#N)C(=O)Nc2ccc(C(=O)Nc3ccc(C(=O)Nc4ccc(C(=O)O)c(O)c4OC)c(O)c3OC)cc2)cc1)=C(C)c1ccc(F)cc1. The van der Waals surface area contributed by atoms with E-state index in [2.05, 4.69) is 26.6 Å². The molecule has 0 saturated heterocycles. The van der Waals surface area contributed by atoms with Crippen molar-refractivity contribution in [3.63, 3.8) is 0 Å². The van der Waals surface area contributed by atoms with Gasteiger partial charge >= 0.3 is 5.97 Å². The van der Waals surface area contributed by atoms with E-state index < -0.39 is 70.8 Å². The molecule has 0 fully saturated rings. The summed E-state index contributed by atoms with van der Waals surface area (Å²) in [6, 6.07) is 22.1. The minimum absolute atomic E-state index is 0.0110. The first-order valence-corrected chi connectivity index (χ1v) is 18.8. The zero-order valence-corrected chi connectivity index (χ0v) is 34.4. The Balaban J connectivity index is 1.19. The molecule has 5 aromatic rings. The molecule has 18 nitrogen and oxygen atoms in total. The minimum Gasteiger partial charge on any atom is -0.504 e. The number of aromatic carboxylic acids is 1. The third-order valence-corrected chi connectivity index (χ3v) is 9.41. The van der Waals surface area contributed by atoms with Crippen LogP contribution in [0.4, 0.5) is 27.1 Å². The van der Waals surface area contributed by atoms with Crippen molar-refractivity contribution < 1.29 is 62.7 Å². The van der Waals surface area contributed by atoms with Gasteiger partial charge in [-0.3, -0.25) is 24.0 Å². The number of methoxy groups -OCH3 is 3. The first-order valence-electron chi connectivity index (χ1n) is 18.8. The molecule has 0 aliphatic heterocycles. The van der Waals surface area contributed by atoms with Crippen LogP contribution in [-0.4, -0.2) is 78.2 Å². The number of rotatable bonds is 16. The monoisotopic (exact) mass is 874 g/mol. The van der Waals surface area contributed by atoms with Crippen molar-refractivity contribution in [1.82, 2.24) is 5.32 Å². The average molecular weight is 875 g/mol. The van der Waals surface area contributed by atoms with E-state index in [-0.39, 0.29) is 51.0 Å². The molecule has 5 rings (SSSR count). The van der Waals surface area contributed by atoms with Gasteiger partial charge in [0.25, 0.3) is 23.6 Å². The van der Waals surface area contributed by atoms with Crippen LogP contribution in [0.25, 0.3) is 5.57 Å². The highest BCUT2D eigenvalue weighted by atomic mass is 19.1. The Morgan fingerprint density at radius 1 is 0.641 bits per heavy atom. The second kappa shape index (κ2) is 20.6. The number of ether oxygens (including phenoxy) is 3. The van der Waals surface area contributed by atoms with E-state index in [0.29, 0.717) is 16.8 Å². The maximum absolute atomic E-state index is 13.4. The number of nitrogens with one attached hydrogen (secondary N) is 5. The van der Waals surface area contributed by atoms with Crippen LogP contribution in [0.1, 0.15) is 60.3 Å². The molecule has 1 unspecified atom stereocenters. The van der Waals surface area contributed by atoms with E-state index in [1.54, 1.807) is 6.92 Å². The molecular weight excluding hydrogens is 836 g/mol. The van der Waals surface area contributed by atoms with Gasteiger partial charge in [0, 0.05) is 28.1 Å². The summed E-state index contributed by atoms with van der Waals surface area (Å²) < 4.78 is 29.0. The molecule has 0 aromatic heterocycles. The number of carbonyl (C=O) groups excluding carboxylic acids is 5. The number of aromatic hydroxyl groups is 2. The third-order valence-electron chi connectivity index (χ3n) is 9.41. The standard InChI is InChI=1S/C45H39FN6O12/c1-23(24-5-11-27(46)12-6-24)37(62-2)44(59)49-29-15-9-26(10-16-29)41(56)52-34(21-22-47)43(58)48-28-13-7-25(8-14-28)40(55)50-32-19-17-30(35(53)38(32)63-3)42(57)51-33-20-18-31(45(60)61)36(54)39(33)64-4/h5-20,34,53-54H,21H2,1-4H3,(H,48,58)(H,49,59)(H,50,55)(H,51,57)(H,52,56)(H,60,61). The number of hydrogen-bond acceptors (Lipinski definition) is 12. The van der Waals surface area contributed by atoms with Gasteiger partial charge < -0.3 is 56.1 Å². The lowest BCUT2D eigenvalue weighted by molar-refractivity contribution is -0.118. The van der Waals surface area contributed by atoms with Gasteiger partial charge in [0.1, 0.15) is 17.4 Å². The van der Waals surface area contributed by atoms with Gasteiger partial charge in [0.2, 0.25) is 5.91 Å². The van der Waals surface area contributed by atoms with E-state index in [4.69, 9.17) is 14.2 Å². The summed E-state index contributed by atoms with van der Waals surface area (Å²) in [7, 11) is 3.66. The zero-order valence-electron chi connectivity index (χ0n) is 34.4. The lowest BCUT2D eigenvalue weighted by Gasteiger charge is -2.17. The fraction of sp³-hybridized carbons (Fsp3) is 0.133. The lowest BCUT2D eigenvalue weighted by Crippen LogP contribution is -2.43. The summed E-state index contributed by atoms with van der Waals surface area (Å²) in [6.45, 7) is 1.65. The Hall–Kier alpha value is -8.92. The number of benzene rings is 5. The molecule has 5 aromatic carbocycles. The number of phenolic OH excluding ortho intramolecular Hbond substituents is 1. The number of halogens is 1. The molecule has 0 radical (unpaired) electrons. The van der Waals surface area contributed by atoms with Crippen molar-refractivity contribution in [1.29, 1.82) is 5.26 Å². The summed E-state index contributed by atoms with van der Waals surface area (Å²) in [6.07, 6.45) is -0.390. The normalized spacial score (nSPS) is 11.4. The van der Waals surface area contributed by atoms with Crippen molar-refractivity contribution in [2.24, 2.45) is 0 Å². The highest BCUT2D eigenvalue weighted by molar-refractivity contribution is 6.11. The molecule has 0 spiro atoms. The maximum Gasteiger partial charge on any atom is 0.339 e. The van der Waals surface area contributed by atoms with Crippen LogP contribution in [-0.2, 0) is 14.3 Å². The van der Waals surface area contributed by atoms with Gasteiger partial charge in [-0.1, -0.05) is 12.1 Å². The van der Waals surface area contributed by atoms with E-state index >= 15 is 0 Å². The van der Waals surface area contributed by atoms with Gasteiger partial charge in [-0.2, -0.15) is 5.26 Å². The van der Waals surface area contributed by atoms with E-state index in [9.17, 15) is 53.7 Å². The number of phenols is 2. The van der Waals surface area contributed by atoms with Crippen molar-refractivity contribution in [3.8, 4) is 29.1 Å². The molecule has 328 valence electrons. The number of anilines is 4.